The van der Waals surface area contributed by atoms with E-state index in [1.54, 1.807) is 14.0 Å². The molecule has 0 spiro atoms. The highest BCUT2D eigenvalue weighted by molar-refractivity contribution is 4.89. The molecule has 2 rings (SSSR count). The molecule has 0 radical (unpaired) electrons. The van der Waals surface area contributed by atoms with E-state index < -0.39 is 0 Å². The van der Waals surface area contributed by atoms with Gasteiger partial charge in [-0.2, -0.15) is 4.98 Å². The fraction of sp³-hybridized carbons (Fsp3) is 0.833. The summed E-state index contributed by atoms with van der Waals surface area (Å²) in [7, 11) is 1.69. The van der Waals surface area contributed by atoms with Crippen molar-refractivity contribution >= 4 is 0 Å². The van der Waals surface area contributed by atoms with Gasteiger partial charge in [0.2, 0.25) is 5.89 Å². The highest BCUT2D eigenvalue weighted by atomic mass is 16.5. The molecule has 2 heterocycles. The summed E-state index contributed by atoms with van der Waals surface area (Å²) in [6.07, 6.45) is 0.0896. The minimum absolute atomic E-state index is 0.0896. The lowest BCUT2D eigenvalue weighted by molar-refractivity contribution is -0.154. The van der Waals surface area contributed by atoms with Gasteiger partial charge in [-0.15, -0.1) is 0 Å². The Balaban J connectivity index is 1.98. The van der Waals surface area contributed by atoms with Crippen molar-refractivity contribution in [2.24, 2.45) is 0 Å². The van der Waals surface area contributed by atoms with Gasteiger partial charge in [-0.05, 0) is 13.8 Å². The number of hydrogen-bond acceptors (Lipinski definition) is 6. The maximum Gasteiger partial charge on any atom is 0.223 e. The van der Waals surface area contributed by atoms with Gasteiger partial charge in [-0.1, -0.05) is 5.16 Å². The molecule has 0 aromatic carbocycles. The molecule has 6 heteroatoms. The summed E-state index contributed by atoms with van der Waals surface area (Å²) >= 11 is 0. The maximum atomic E-state index is 5.96. The van der Waals surface area contributed by atoms with Gasteiger partial charge in [0.15, 0.2) is 5.82 Å². The van der Waals surface area contributed by atoms with Crippen LogP contribution in [-0.4, -0.2) is 53.6 Å². The van der Waals surface area contributed by atoms with Gasteiger partial charge < -0.3 is 14.0 Å². The monoisotopic (exact) mass is 255 g/mol. The van der Waals surface area contributed by atoms with Crippen LogP contribution in [0.15, 0.2) is 4.52 Å². The highest BCUT2D eigenvalue weighted by Crippen LogP contribution is 2.22. The molecule has 1 fully saturated rings. The zero-order valence-corrected chi connectivity index (χ0v) is 11.5. The predicted octanol–water partition coefficient (Wildman–Crippen LogP) is 1.00. The van der Waals surface area contributed by atoms with Crippen molar-refractivity contribution in [2.75, 3.05) is 26.8 Å². The van der Waals surface area contributed by atoms with Crippen LogP contribution in [-0.2, 0) is 16.0 Å². The van der Waals surface area contributed by atoms with Crippen LogP contribution in [0.2, 0.25) is 0 Å². The van der Waals surface area contributed by atoms with Gasteiger partial charge in [-0.25, -0.2) is 0 Å². The summed E-state index contributed by atoms with van der Waals surface area (Å²) in [5, 5.41) is 3.93. The first-order valence-electron chi connectivity index (χ1n) is 6.17. The van der Waals surface area contributed by atoms with Crippen LogP contribution in [0.4, 0.5) is 0 Å². The molecule has 1 aliphatic heterocycles. The third kappa shape index (κ3) is 3.51. The molecular formula is C12H21N3O3. The molecule has 0 N–H and O–H groups in total. The molecule has 1 atom stereocenters. The number of aromatic nitrogens is 2. The summed E-state index contributed by atoms with van der Waals surface area (Å²) < 4.78 is 16.1. The Morgan fingerprint density at radius 2 is 2.28 bits per heavy atom. The van der Waals surface area contributed by atoms with E-state index in [1.165, 1.54) is 0 Å². The topological polar surface area (TPSA) is 60.6 Å². The Morgan fingerprint density at radius 3 is 2.89 bits per heavy atom. The fourth-order valence-corrected chi connectivity index (χ4v) is 2.42. The van der Waals surface area contributed by atoms with Crippen LogP contribution in [0.1, 0.15) is 25.6 Å². The lowest BCUT2D eigenvalue weighted by Gasteiger charge is -2.42. The van der Waals surface area contributed by atoms with Gasteiger partial charge in [0.05, 0.1) is 24.9 Å². The lowest BCUT2D eigenvalue weighted by Crippen LogP contribution is -2.53. The van der Waals surface area contributed by atoms with E-state index in [9.17, 15) is 0 Å². The molecule has 6 nitrogen and oxygen atoms in total. The molecule has 102 valence electrons. The number of hydrogen-bond donors (Lipinski definition) is 0. The number of aryl methyl sites for hydroxylation is 1. The Morgan fingerprint density at radius 1 is 1.50 bits per heavy atom. The Kier molecular flexibility index (Phi) is 3.99. The quantitative estimate of drug-likeness (QED) is 0.800. The molecule has 0 amide bonds. The SMILES string of the molecule is COCC1CN(Cc2noc(C)n2)CC(C)(C)O1. The third-order valence-electron chi connectivity index (χ3n) is 2.84. The van der Waals surface area contributed by atoms with Crippen molar-refractivity contribution in [1.82, 2.24) is 15.0 Å². The fourth-order valence-electron chi connectivity index (χ4n) is 2.42. The van der Waals surface area contributed by atoms with Crippen molar-refractivity contribution < 1.29 is 14.0 Å². The first-order chi connectivity index (χ1) is 8.48. The van der Waals surface area contributed by atoms with Crippen molar-refractivity contribution in [3.63, 3.8) is 0 Å². The number of morpholine rings is 1. The Bertz CT molecular complexity index is 392. The predicted molar refractivity (Wildman–Crippen MR) is 65.1 cm³/mol. The minimum atomic E-state index is -0.180. The lowest BCUT2D eigenvalue weighted by atomic mass is 10.1. The van der Waals surface area contributed by atoms with Crippen LogP contribution in [0.3, 0.4) is 0 Å². The summed E-state index contributed by atoms with van der Waals surface area (Å²) in [6, 6.07) is 0. The normalized spacial score (nSPS) is 24.3. The van der Waals surface area contributed by atoms with E-state index in [2.05, 4.69) is 28.9 Å². The Hall–Kier alpha value is -0.980. The standard InChI is InChI=1S/C12H21N3O3/c1-9-13-11(14-18-9)6-15-5-10(7-16-4)17-12(2,3)8-15/h10H,5-8H2,1-4H3. The summed E-state index contributed by atoms with van der Waals surface area (Å²) in [5.74, 6) is 1.33. The van der Waals surface area contributed by atoms with Crippen LogP contribution >= 0.6 is 0 Å². The second-order valence-electron chi connectivity index (χ2n) is 5.35. The second-order valence-corrected chi connectivity index (χ2v) is 5.35. The van der Waals surface area contributed by atoms with Crippen LogP contribution in [0, 0.1) is 6.92 Å². The summed E-state index contributed by atoms with van der Waals surface area (Å²) in [4.78, 5) is 6.51. The molecule has 1 unspecified atom stereocenters. The molecule has 0 bridgehead atoms. The molecule has 1 aromatic heterocycles. The molecular weight excluding hydrogens is 234 g/mol. The van der Waals surface area contributed by atoms with E-state index in [0.717, 1.165) is 18.9 Å². The van der Waals surface area contributed by atoms with Gasteiger partial charge in [0, 0.05) is 27.1 Å². The smallest absolute Gasteiger partial charge is 0.223 e. The summed E-state index contributed by atoms with van der Waals surface area (Å²) in [5.41, 5.74) is -0.180. The number of methoxy groups -OCH3 is 1. The zero-order chi connectivity index (χ0) is 13.2. The van der Waals surface area contributed by atoms with Crippen molar-refractivity contribution in [1.29, 1.82) is 0 Å². The second kappa shape index (κ2) is 5.34. The van der Waals surface area contributed by atoms with Gasteiger partial charge >= 0.3 is 0 Å². The van der Waals surface area contributed by atoms with Gasteiger partial charge in [0.1, 0.15) is 0 Å². The first-order valence-corrected chi connectivity index (χ1v) is 6.17. The first kappa shape index (κ1) is 13.5. The number of rotatable bonds is 4. The summed E-state index contributed by atoms with van der Waals surface area (Å²) in [6.45, 7) is 8.93. The van der Waals surface area contributed by atoms with Crippen molar-refractivity contribution in [3.8, 4) is 0 Å². The third-order valence-corrected chi connectivity index (χ3v) is 2.84. The molecule has 0 aliphatic carbocycles. The molecule has 1 saturated heterocycles. The van der Waals surface area contributed by atoms with Crippen molar-refractivity contribution in [2.45, 2.75) is 39.0 Å². The van der Waals surface area contributed by atoms with E-state index in [-0.39, 0.29) is 11.7 Å². The van der Waals surface area contributed by atoms with Gasteiger partial charge in [-0.3, -0.25) is 4.90 Å². The van der Waals surface area contributed by atoms with E-state index in [4.69, 9.17) is 14.0 Å². The average Bonchev–Trinajstić information content (AvgIpc) is 2.61. The molecule has 18 heavy (non-hydrogen) atoms. The highest BCUT2D eigenvalue weighted by Gasteiger charge is 2.33. The van der Waals surface area contributed by atoms with E-state index in [1.807, 2.05) is 0 Å². The molecule has 1 aliphatic rings. The van der Waals surface area contributed by atoms with E-state index in [0.29, 0.717) is 19.0 Å². The van der Waals surface area contributed by atoms with Crippen molar-refractivity contribution in [3.05, 3.63) is 11.7 Å². The van der Waals surface area contributed by atoms with E-state index >= 15 is 0 Å². The minimum Gasteiger partial charge on any atom is -0.382 e. The Labute approximate surface area is 107 Å². The molecule has 1 aromatic rings. The van der Waals surface area contributed by atoms with Crippen LogP contribution in [0.25, 0.3) is 0 Å². The average molecular weight is 255 g/mol. The maximum absolute atomic E-state index is 5.96. The largest absolute Gasteiger partial charge is 0.382 e. The zero-order valence-electron chi connectivity index (χ0n) is 11.5. The number of nitrogens with zero attached hydrogens (tertiary/aromatic N) is 3. The van der Waals surface area contributed by atoms with Crippen LogP contribution < -0.4 is 0 Å². The van der Waals surface area contributed by atoms with Gasteiger partial charge in [0.25, 0.3) is 0 Å². The number of ether oxygens (including phenoxy) is 2. The molecule has 0 saturated carbocycles. The van der Waals surface area contributed by atoms with Crippen LogP contribution in [0.5, 0.6) is 0 Å².